The van der Waals surface area contributed by atoms with Gasteiger partial charge < -0.3 is 5.32 Å². The number of thiocarbonyl (C=S) groups is 1. The van der Waals surface area contributed by atoms with E-state index in [9.17, 15) is 22.0 Å². The molecular weight excluding hydrogens is 393 g/mol. The third-order valence-electron chi connectivity index (χ3n) is 2.97. The number of hydrazone groups is 1. The summed E-state index contributed by atoms with van der Waals surface area (Å²) in [6.07, 6.45) is -3.47. The summed E-state index contributed by atoms with van der Waals surface area (Å²) < 4.78 is 63.1. The van der Waals surface area contributed by atoms with Crippen LogP contribution in [0.25, 0.3) is 0 Å². The lowest BCUT2D eigenvalue weighted by molar-refractivity contribution is -0.137. The molecule has 0 amide bonds. The molecule has 0 radical (unpaired) electrons. The van der Waals surface area contributed by atoms with Crippen molar-refractivity contribution < 1.29 is 22.0 Å². The fourth-order valence-electron chi connectivity index (χ4n) is 1.91. The number of nitrogens with one attached hydrogen (secondary N) is 2. The highest BCUT2D eigenvalue weighted by molar-refractivity contribution is 7.99. The summed E-state index contributed by atoms with van der Waals surface area (Å²) in [5.41, 5.74) is 2.01. The molecule has 0 bridgehead atoms. The lowest BCUT2D eigenvalue weighted by Crippen LogP contribution is -2.24. The second-order valence-corrected chi connectivity index (χ2v) is 6.28. The Morgan fingerprint density at radius 3 is 2.35 bits per heavy atom. The van der Waals surface area contributed by atoms with E-state index in [1.54, 1.807) is 12.1 Å². The van der Waals surface area contributed by atoms with Crippen LogP contribution in [-0.2, 0) is 6.18 Å². The second kappa shape index (κ2) is 8.95. The zero-order valence-electron chi connectivity index (χ0n) is 12.9. The molecule has 0 saturated heterocycles. The van der Waals surface area contributed by atoms with Crippen molar-refractivity contribution in [3.63, 3.8) is 0 Å². The zero-order valence-corrected chi connectivity index (χ0v) is 14.6. The van der Waals surface area contributed by atoms with Crippen LogP contribution in [0.1, 0.15) is 11.1 Å². The number of anilines is 1. The van der Waals surface area contributed by atoms with Gasteiger partial charge in [-0.15, -0.1) is 0 Å². The third-order valence-corrected chi connectivity index (χ3v) is 3.89. The molecule has 10 heteroatoms. The summed E-state index contributed by atoms with van der Waals surface area (Å²) in [5, 5.41) is 6.47. The molecule has 2 N–H and O–H groups in total. The van der Waals surface area contributed by atoms with E-state index in [4.69, 9.17) is 12.2 Å². The van der Waals surface area contributed by atoms with Gasteiger partial charge in [-0.05, 0) is 42.5 Å². The van der Waals surface area contributed by atoms with E-state index >= 15 is 0 Å². The normalized spacial score (nSPS) is 11.8. The molecule has 0 heterocycles. The smallest absolute Gasteiger partial charge is 0.331 e. The fraction of sp³-hybridized carbons (Fsp3) is 0.125. The summed E-state index contributed by atoms with van der Waals surface area (Å²) >= 11 is 5.39. The number of thioether (sulfide) groups is 1. The Bertz CT molecular complexity index is 776. The molecule has 3 nitrogen and oxygen atoms in total. The van der Waals surface area contributed by atoms with E-state index in [1.165, 1.54) is 30.3 Å². The molecule has 0 spiro atoms. The van der Waals surface area contributed by atoms with Gasteiger partial charge in [-0.3, -0.25) is 5.43 Å². The number of nitrogens with zero attached hydrogens (tertiary/aromatic N) is 1. The molecule has 0 atom stereocenters. The van der Waals surface area contributed by atoms with Gasteiger partial charge in [0, 0.05) is 16.1 Å². The number of hydrogen-bond donors (Lipinski definition) is 2. The van der Waals surface area contributed by atoms with Gasteiger partial charge in [0.25, 0.3) is 5.76 Å². The third kappa shape index (κ3) is 6.26. The maximum atomic E-state index is 12.9. The number of halogens is 5. The van der Waals surface area contributed by atoms with E-state index in [0.29, 0.717) is 22.3 Å². The van der Waals surface area contributed by atoms with Crippen LogP contribution < -0.4 is 10.7 Å². The molecular formula is C16H12F5N3S2. The minimum Gasteiger partial charge on any atom is -0.331 e. The fourth-order valence-corrected chi connectivity index (χ4v) is 2.58. The van der Waals surface area contributed by atoms with Gasteiger partial charge in [0.05, 0.1) is 11.8 Å². The lowest BCUT2D eigenvalue weighted by atomic mass is 10.1. The van der Waals surface area contributed by atoms with Crippen LogP contribution in [0.15, 0.2) is 58.5 Å². The van der Waals surface area contributed by atoms with Crippen LogP contribution in [0.4, 0.5) is 27.6 Å². The number of alkyl halides is 5. The van der Waals surface area contributed by atoms with Crippen molar-refractivity contribution in [2.45, 2.75) is 16.8 Å². The van der Waals surface area contributed by atoms with Gasteiger partial charge >= 0.3 is 6.18 Å². The Morgan fingerprint density at radius 2 is 1.73 bits per heavy atom. The highest BCUT2D eigenvalue weighted by atomic mass is 32.2. The zero-order chi connectivity index (χ0) is 19.2. The summed E-state index contributed by atoms with van der Waals surface area (Å²) in [6.45, 7) is 0. The molecule has 0 aromatic heterocycles. The van der Waals surface area contributed by atoms with Gasteiger partial charge in [0.2, 0.25) is 0 Å². The van der Waals surface area contributed by atoms with Gasteiger partial charge in [0.15, 0.2) is 5.11 Å². The van der Waals surface area contributed by atoms with Crippen molar-refractivity contribution in [2.75, 3.05) is 5.32 Å². The minimum atomic E-state index is -4.49. The molecule has 2 rings (SSSR count). The van der Waals surface area contributed by atoms with Crippen LogP contribution in [0, 0.1) is 0 Å². The second-order valence-electron chi connectivity index (χ2n) is 4.81. The summed E-state index contributed by atoms with van der Waals surface area (Å²) in [4.78, 5) is 0.395. The first-order chi connectivity index (χ1) is 12.3. The van der Waals surface area contributed by atoms with Gasteiger partial charge in [-0.2, -0.15) is 27.1 Å². The monoisotopic (exact) mass is 405 g/mol. The average molecular weight is 405 g/mol. The molecule has 0 aliphatic rings. The number of hydrogen-bond acceptors (Lipinski definition) is 3. The molecule has 0 aliphatic carbocycles. The Morgan fingerprint density at radius 1 is 1.08 bits per heavy atom. The highest BCUT2D eigenvalue weighted by Crippen LogP contribution is 2.31. The van der Waals surface area contributed by atoms with Crippen LogP contribution >= 0.6 is 24.0 Å². The minimum absolute atomic E-state index is 0.0417. The Kier molecular flexibility index (Phi) is 6.92. The van der Waals surface area contributed by atoms with Crippen molar-refractivity contribution in [2.24, 2.45) is 5.10 Å². The van der Waals surface area contributed by atoms with Crippen molar-refractivity contribution in [1.29, 1.82) is 0 Å². The van der Waals surface area contributed by atoms with Gasteiger partial charge in [-0.1, -0.05) is 30.0 Å². The molecule has 2 aromatic rings. The Hall–Kier alpha value is -2.20. The van der Waals surface area contributed by atoms with Crippen LogP contribution in [0.2, 0.25) is 0 Å². The topological polar surface area (TPSA) is 36.4 Å². The molecule has 0 aliphatic heterocycles. The van der Waals surface area contributed by atoms with Crippen molar-refractivity contribution in [3.8, 4) is 0 Å². The Balaban J connectivity index is 1.94. The number of rotatable bonds is 5. The maximum absolute atomic E-state index is 12.9. The number of benzene rings is 2. The molecule has 138 valence electrons. The predicted molar refractivity (Wildman–Crippen MR) is 96.7 cm³/mol. The molecule has 0 saturated carbocycles. The van der Waals surface area contributed by atoms with Gasteiger partial charge in [0.1, 0.15) is 0 Å². The van der Waals surface area contributed by atoms with E-state index in [0.717, 1.165) is 12.3 Å². The lowest BCUT2D eigenvalue weighted by Gasteiger charge is -2.10. The quantitative estimate of drug-likeness (QED) is 0.231. The first-order valence-corrected chi connectivity index (χ1v) is 8.35. The summed E-state index contributed by atoms with van der Waals surface area (Å²) in [6, 6.07) is 11.1. The molecule has 0 fully saturated rings. The standard InChI is InChI=1S/C16H12F5N3S2/c17-14(18)26-12-7-5-11(6-8-12)23-15(25)24-22-9-10-3-1-2-4-13(10)16(19,20)21/h1-9,14H,(H2,23,24,25)/b22-9-. The van der Waals surface area contributed by atoms with Crippen molar-refractivity contribution >= 4 is 41.0 Å². The van der Waals surface area contributed by atoms with Crippen LogP contribution in [-0.4, -0.2) is 17.1 Å². The summed E-state index contributed by atoms with van der Waals surface area (Å²) in [7, 11) is 0. The van der Waals surface area contributed by atoms with Crippen LogP contribution in [0.5, 0.6) is 0 Å². The van der Waals surface area contributed by atoms with E-state index in [1.807, 2.05) is 0 Å². The molecule has 26 heavy (non-hydrogen) atoms. The average Bonchev–Trinajstić information content (AvgIpc) is 2.56. The van der Waals surface area contributed by atoms with Gasteiger partial charge in [-0.25, -0.2) is 0 Å². The Labute approximate surface area is 155 Å². The molecule has 2 aromatic carbocycles. The van der Waals surface area contributed by atoms with Crippen LogP contribution in [0.3, 0.4) is 0 Å². The maximum Gasteiger partial charge on any atom is 0.417 e. The predicted octanol–water partition coefficient (Wildman–Crippen LogP) is 5.34. The van der Waals surface area contributed by atoms with E-state index in [-0.39, 0.29) is 10.7 Å². The largest absolute Gasteiger partial charge is 0.417 e. The summed E-state index contributed by atoms with van der Waals surface area (Å²) in [5.74, 6) is -2.51. The first kappa shape index (κ1) is 20.1. The van der Waals surface area contributed by atoms with Crippen molar-refractivity contribution in [3.05, 3.63) is 59.7 Å². The van der Waals surface area contributed by atoms with Crippen molar-refractivity contribution in [1.82, 2.24) is 5.43 Å². The van der Waals surface area contributed by atoms with E-state index in [2.05, 4.69) is 15.8 Å². The highest BCUT2D eigenvalue weighted by Gasteiger charge is 2.32. The molecule has 0 unspecified atom stereocenters. The first-order valence-electron chi connectivity index (χ1n) is 7.07. The van der Waals surface area contributed by atoms with E-state index < -0.39 is 17.5 Å². The SMILES string of the molecule is FC(F)Sc1ccc(NC(=S)N/N=C\c2ccccc2C(F)(F)F)cc1.